The van der Waals surface area contributed by atoms with Gasteiger partial charge in [0.15, 0.2) is 0 Å². The molecule has 0 aliphatic heterocycles. The molecule has 2 heteroatoms. The van der Waals surface area contributed by atoms with Crippen molar-refractivity contribution in [1.82, 2.24) is 5.32 Å². The summed E-state index contributed by atoms with van der Waals surface area (Å²) < 4.78 is 5.08. The van der Waals surface area contributed by atoms with Gasteiger partial charge in [-0.15, -0.1) is 0 Å². The molecule has 0 heterocycles. The predicted octanol–water partition coefficient (Wildman–Crippen LogP) is 2.58. The van der Waals surface area contributed by atoms with Crippen molar-refractivity contribution in [1.29, 1.82) is 0 Å². The van der Waals surface area contributed by atoms with Crippen LogP contribution in [0.2, 0.25) is 0 Å². The van der Waals surface area contributed by atoms with Gasteiger partial charge in [0.1, 0.15) is 0 Å². The molecule has 2 nitrogen and oxygen atoms in total. The first kappa shape index (κ1) is 12.0. The molecule has 0 spiro atoms. The maximum atomic E-state index is 5.08. The van der Waals surface area contributed by atoms with Gasteiger partial charge in [0.05, 0.1) is 0 Å². The standard InChI is InChI=1S/C12H25NO/c1-4-11-5-6-12(9-11)13-10(2)7-8-14-3/h10-13H,4-9H2,1-3H3. The zero-order valence-corrected chi connectivity index (χ0v) is 9.88. The SMILES string of the molecule is CCC1CCC(NC(C)CCOC)C1. The Balaban J connectivity index is 2.12. The van der Waals surface area contributed by atoms with Crippen molar-refractivity contribution in [3.05, 3.63) is 0 Å². The molecule has 0 aromatic carbocycles. The molecule has 84 valence electrons. The first-order valence-electron chi connectivity index (χ1n) is 6.01. The lowest BCUT2D eigenvalue weighted by Crippen LogP contribution is -2.35. The van der Waals surface area contributed by atoms with Crippen molar-refractivity contribution < 1.29 is 4.74 Å². The summed E-state index contributed by atoms with van der Waals surface area (Å²) in [6.07, 6.45) is 6.66. The molecule has 1 fully saturated rings. The molecule has 1 aliphatic carbocycles. The number of rotatable bonds is 6. The van der Waals surface area contributed by atoms with Crippen molar-refractivity contribution in [3.8, 4) is 0 Å². The van der Waals surface area contributed by atoms with E-state index in [1.165, 1.54) is 25.7 Å². The topological polar surface area (TPSA) is 21.3 Å². The van der Waals surface area contributed by atoms with E-state index in [-0.39, 0.29) is 0 Å². The second-order valence-corrected chi connectivity index (χ2v) is 4.63. The fourth-order valence-electron chi connectivity index (χ4n) is 2.38. The van der Waals surface area contributed by atoms with E-state index < -0.39 is 0 Å². The van der Waals surface area contributed by atoms with E-state index in [4.69, 9.17) is 4.74 Å². The number of hydrogen-bond acceptors (Lipinski definition) is 2. The molecule has 14 heavy (non-hydrogen) atoms. The summed E-state index contributed by atoms with van der Waals surface area (Å²) in [4.78, 5) is 0. The van der Waals surface area contributed by atoms with E-state index >= 15 is 0 Å². The Morgan fingerprint density at radius 1 is 1.43 bits per heavy atom. The largest absolute Gasteiger partial charge is 0.385 e. The fourth-order valence-corrected chi connectivity index (χ4v) is 2.38. The molecule has 1 aliphatic rings. The van der Waals surface area contributed by atoms with Crippen LogP contribution in [0.4, 0.5) is 0 Å². The molecule has 1 rings (SSSR count). The Morgan fingerprint density at radius 2 is 2.21 bits per heavy atom. The summed E-state index contributed by atoms with van der Waals surface area (Å²) >= 11 is 0. The van der Waals surface area contributed by atoms with Gasteiger partial charge >= 0.3 is 0 Å². The Kier molecular flexibility index (Phi) is 5.49. The Morgan fingerprint density at radius 3 is 2.79 bits per heavy atom. The molecule has 3 unspecified atom stereocenters. The fraction of sp³-hybridized carbons (Fsp3) is 1.00. The predicted molar refractivity (Wildman–Crippen MR) is 60.5 cm³/mol. The highest BCUT2D eigenvalue weighted by molar-refractivity contribution is 4.81. The molecule has 0 saturated heterocycles. The summed E-state index contributed by atoms with van der Waals surface area (Å²) in [5.41, 5.74) is 0. The van der Waals surface area contributed by atoms with E-state index in [2.05, 4.69) is 19.2 Å². The summed E-state index contributed by atoms with van der Waals surface area (Å²) in [7, 11) is 1.77. The minimum absolute atomic E-state index is 0.607. The molecular formula is C12H25NO. The maximum Gasteiger partial charge on any atom is 0.0476 e. The third-order valence-electron chi connectivity index (χ3n) is 3.39. The van der Waals surface area contributed by atoms with Crippen molar-refractivity contribution in [2.45, 2.75) is 58.0 Å². The molecule has 1 saturated carbocycles. The second-order valence-electron chi connectivity index (χ2n) is 4.63. The third kappa shape index (κ3) is 3.97. The Bertz CT molecular complexity index is 149. The normalized spacial score (nSPS) is 29.4. The van der Waals surface area contributed by atoms with Crippen LogP contribution in [0, 0.1) is 5.92 Å². The minimum Gasteiger partial charge on any atom is -0.385 e. The van der Waals surface area contributed by atoms with Crippen molar-refractivity contribution in [2.75, 3.05) is 13.7 Å². The Labute approximate surface area is 88.4 Å². The third-order valence-corrected chi connectivity index (χ3v) is 3.39. The molecule has 0 radical (unpaired) electrons. The van der Waals surface area contributed by atoms with Crippen LogP contribution in [0.25, 0.3) is 0 Å². The lowest BCUT2D eigenvalue weighted by atomic mass is 10.1. The maximum absolute atomic E-state index is 5.08. The van der Waals surface area contributed by atoms with Crippen LogP contribution in [0.1, 0.15) is 46.0 Å². The average molecular weight is 199 g/mol. The summed E-state index contributed by atoms with van der Waals surface area (Å²) in [6, 6.07) is 1.38. The number of methoxy groups -OCH3 is 1. The number of ether oxygens (including phenoxy) is 1. The van der Waals surface area contributed by atoms with Crippen LogP contribution >= 0.6 is 0 Å². The van der Waals surface area contributed by atoms with Gasteiger partial charge in [0.2, 0.25) is 0 Å². The summed E-state index contributed by atoms with van der Waals surface area (Å²) in [5, 5.41) is 3.70. The zero-order valence-electron chi connectivity index (χ0n) is 9.88. The molecule has 1 N–H and O–H groups in total. The van der Waals surface area contributed by atoms with Gasteiger partial charge in [0.25, 0.3) is 0 Å². The smallest absolute Gasteiger partial charge is 0.0476 e. The monoisotopic (exact) mass is 199 g/mol. The summed E-state index contributed by atoms with van der Waals surface area (Å²) in [5.74, 6) is 0.974. The lowest BCUT2D eigenvalue weighted by molar-refractivity contribution is 0.182. The van der Waals surface area contributed by atoms with E-state index in [0.29, 0.717) is 6.04 Å². The van der Waals surface area contributed by atoms with E-state index in [0.717, 1.165) is 25.0 Å². The van der Waals surface area contributed by atoms with Crippen molar-refractivity contribution in [3.63, 3.8) is 0 Å². The van der Waals surface area contributed by atoms with Crippen molar-refractivity contribution in [2.24, 2.45) is 5.92 Å². The second kappa shape index (κ2) is 6.41. The van der Waals surface area contributed by atoms with E-state index in [1.807, 2.05) is 0 Å². The van der Waals surface area contributed by atoms with Crippen LogP contribution in [-0.4, -0.2) is 25.8 Å². The van der Waals surface area contributed by atoms with Gasteiger partial charge in [-0.3, -0.25) is 0 Å². The quantitative estimate of drug-likeness (QED) is 0.710. The molecular weight excluding hydrogens is 174 g/mol. The molecule has 0 aromatic heterocycles. The van der Waals surface area contributed by atoms with Crippen LogP contribution in [-0.2, 0) is 4.74 Å². The first-order valence-corrected chi connectivity index (χ1v) is 6.01. The highest BCUT2D eigenvalue weighted by Crippen LogP contribution is 2.28. The minimum atomic E-state index is 0.607. The van der Waals surface area contributed by atoms with E-state index in [9.17, 15) is 0 Å². The number of hydrogen-bond donors (Lipinski definition) is 1. The van der Waals surface area contributed by atoms with Gasteiger partial charge in [-0.25, -0.2) is 0 Å². The van der Waals surface area contributed by atoms with Gasteiger partial charge in [-0.1, -0.05) is 13.3 Å². The van der Waals surface area contributed by atoms with Crippen LogP contribution in [0.15, 0.2) is 0 Å². The highest BCUT2D eigenvalue weighted by Gasteiger charge is 2.23. The van der Waals surface area contributed by atoms with Gasteiger partial charge in [0, 0.05) is 25.8 Å². The van der Waals surface area contributed by atoms with Gasteiger partial charge < -0.3 is 10.1 Å². The van der Waals surface area contributed by atoms with Crippen LogP contribution in [0.5, 0.6) is 0 Å². The highest BCUT2D eigenvalue weighted by atomic mass is 16.5. The van der Waals surface area contributed by atoms with Gasteiger partial charge in [-0.2, -0.15) is 0 Å². The Hall–Kier alpha value is -0.0800. The molecule has 0 bridgehead atoms. The molecule has 0 amide bonds. The van der Waals surface area contributed by atoms with Crippen LogP contribution in [0.3, 0.4) is 0 Å². The van der Waals surface area contributed by atoms with Gasteiger partial charge in [-0.05, 0) is 38.5 Å². The lowest BCUT2D eigenvalue weighted by Gasteiger charge is -2.19. The average Bonchev–Trinajstić information content (AvgIpc) is 2.62. The molecule has 3 atom stereocenters. The van der Waals surface area contributed by atoms with Crippen molar-refractivity contribution >= 4 is 0 Å². The number of nitrogens with one attached hydrogen (secondary N) is 1. The van der Waals surface area contributed by atoms with E-state index in [1.54, 1.807) is 7.11 Å². The summed E-state index contributed by atoms with van der Waals surface area (Å²) in [6.45, 7) is 5.44. The zero-order chi connectivity index (χ0) is 10.4. The van der Waals surface area contributed by atoms with Crippen LogP contribution < -0.4 is 5.32 Å². The first-order chi connectivity index (χ1) is 6.76. The molecule has 0 aromatic rings.